The highest BCUT2D eigenvalue weighted by Gasteiger charge is 2.19. The molecular weight excluding hydrogens is 410 g/mol. The largest absolute Gasteiger partial charge is 0.459 e. The summed E-state index contributed by atoms with van der Waals surface area (Å²) < 4.78 is 27.6. The highest BCUT2D eigenvalue weighted by Crippen LogP contribution is 2.13. The van der Waals surface area contributed by atoms with Gasteiger partial charge in [-0.25, -0.2) is 13.6 Å². The van der Waals surface area contributed by atoms with E-state index in [1.54, 1.807) is 12.1 Å². The van der Waals surface area contributed by atoms with Gasteiger partial charge in [0.25, 0.3) is 5.91 Å². The van der Waals surface area contributed by atoms with Crippen LogP contribution < -0.4 is 15.8 Å². The van der Waals surface area contributed by atoms with Gasteiger partial charge in [0.1, 0.15) is 0 Å². The molecule has 162 valence electrons. The van der Waals surface area contributed by atoms with Crippen molar-refractivity contribution in [2.24, 2.45) is 5.14 Å². The van der Waals surface area contributed by atoms with E-state index < -0.39 is 10.0 Å². The summed E-state index contributed by atoms with van der Waals surface area (Å²) in [5.74, 6) is -0.102. The molecule has 0 unspecified atom stereocenters. The SMILES string of the molecule is NS(=O)(=O)c1ccc(NC(=O)CN2CCN(CCNC(=O)c3ccco3)CC2)cc1. The van der Waals surface area contributed by atoms with Crippen molar-refractivity contribution in [3.8, 4) is 0 Å². The lowest BCUT2D eigenvalue weighted by molar-refractivity contribution is -0.117. The number of hydrogen-bond donors (Lipinski definition) is 3. The predicted molar refractivity (Wildman–Crippen MR) is 110 cm³/mol. The quantitative estimate of drug-likeness (QED) is 0.527. The van der Waals surface area contributed by atoms with Crippen molar-refractivity contribution in [3.05, 3.63) is 48.4 Å². The standard InChI is InChI=1S/C19H25N5O5S/c20-30(27,28)16-5-3-15(4-6-16)22-18(25)14-24-11-9-23(10-12-24)8-7-21-19(26)17-2-1-13-29-17/h1-6,13H,7-12,14H2,(H,21,26)(H,22,25)(H2,20,27,28). The summed E-state index contributed by atoms with van der Waals surface area (Å²) in [6.07, 6.45) is 1.46. The minimum atomic E-state index is -3.75. The van der Waals surface area contributed by atoms with Crippen LogP contribution in [0.2, 0.25) is 0 Å². The van der Waals surface area contributed by atoms with Crippen molar-refractivity contribution in [1.82, 2.24) is 15.1 Å². The van der Waals surface area contributed by atoms with Gasteiger partial charge in [0, 0.05) is 45.0 Å². The normalized spacial score (nSPS) is 15.6. The van der Waals surface area contributed by atoms with E-state index in [-0.39, 0.29) is 23.3 Å². The first-order valence-electron chi connectivity index (χ1n) is 9.50. The minimum absolute atomic E-state index is 0.00280. The molecule has 1 aliphatic heterocycles. The number of benzene rings is 1. The van der Waals surface area contributed by atoms with Crippen LogP contribution >= 0.6 is 0 Å². The lowest BCUT2D eigenvalue weighted by Gasteiger charge is -2.34. The summed E-state index contributed by atoms with van der Waals surface area (Å²) in [5, 5.41) is 10.6. The van der Waals surface area contributed by atoms with Crippen LogP contribution in [0.25, 0.3) is 0 Å². The molecule has 1 fully saturated rings. The van der Waals surface area contributed by atoms with Gasteiger partial charge >= 0.3 is 0 Å². The second kappa shape index (κ2) is 9.85. The second-order valence-corrected chi connectivity index (χ2v) is 8.53. The topological polar surface area (TPSA) is 138 Å². The summed E-state index contributed by atoms with van der Waals surface area (Å²) in [7, 11) is -3.75. The summed E-state index contributed by atoms with van der Waals surface area (Å²) in [6, 6.07) is 9.01. The molecule has 1 saturated heterocycles. The van der Waals surface area contributed by atoms with Crippen LogP contribution in [0.1, 0.15) is 10.6 Å². The zero-order valence-electron chi connectivity index (χ0n) is 16.4. The number of amides is 2. The van der Waals surface area contributed by atoms with Crippen LogP contribution in [0.5, 0.6) is 0 Å². The number of nitrogens with zero attached hydrogens (tertiary/aromatic N) is 2. The maximum atomic E-state index is 12.2. The fourth-order valence-electron chi connectivity index (χ4n) is 3.12. The highest BCUT2D eigenvalue weighted by molar-refractivity contribution is 7.89. The van der Waals surface area contributed by atoms with Crippen molar-refractivity contribution in [3.63, 3.8) is 0 Å². The Kier molecular flexibility index (Phi) is 7.21. The van der Waals surface area contributed by atoms with E-state index in [1.807, 2.05) is 4.90 Å². The van der Waals surface area contributed by atoms with Crippen LogP contribution in [0, 0.1) is 0 Å². The molecule has 1 aliphatic rings. The van der Waals surface area contributed by atoms with Crippen molar-refractivity contribution in [1.29, 1.82) is 0 Å². The van der Waals surface area contributed by atoms with Crippen LogP contribution in [0.4, 0.5) is 5.69 Å². The van der Waals surface area contributed by atoms with Gasteiger partial charge in [-0.2, -0.15) is 0 Å². The van der Waals surface area contributed by atoms with E-state index in [4.69, 9.17) is 9.56 Å². The molecule has 2 aromatic rings. The molecule has 2 heterocycles. The molecule has 0 bridgehead atoms. The summed E-state index contributed by atoms with van der Waals surface area (Å²) in [6.45, 7) is 4.57. The Morgan fingerprint density at radius 3 is 2.30 bits per heavy atom. The molecule has 0 aliphatic carbocycles. The van der Waals surface area contributed by atoms with E-state index in [2.05, 4.69) is 15.5 Å². The molecule has 0 spiro atoms. The third-order valence-electron chi connectivity index (χ3n) is 4.76. The Hall–Kier alpha value is -2.73. The van der Waals surface area contributed by atoms with Gasteiger partial charge in [0.05, 0.1) is 17.7 Å². The van der Waals surface area contributed by atoms with Gasteiger partial charge in [-0.3, -0.25) is 19.4 Å². The maximum absolute atomic E-state index is 12.2. The van der Waals surface area contributed by atoms with E-state index in [9.17, 15) is 18.0 Å². The van der Waals surface area contributed by atoms with Gasteiger partial charge in [0.15, 0.2) is 5.76 Å². The molecule has 11 heteroatoms. The average Bonchev–Trinajstić information content (AvgIpc) is 3.24. The third kappa shape index (κ3) is 6.39. The van der Waals surface area contributed by atoms with Gasteiger partial charge in [-0.15, -0.1) is 0 Å². The molecule has 1 aromatic heterocycles. The summed E-state index contributed by atoms with van der Waals surface area (Å²) >= 11 is 0. The van der Waals surface area contributed by atoms with Gasteiger partial charge in [-0.05, 0) is 36.4 Å². The van der Waals surface area contributed by atoms with Crippen molar-refractivity contribution in [2.45, 2.75) is 4.90 Å². The average molecular weight is 436 g/mol. The Balaban J connectivity index is 1.35. The van der Waals surface area contributed by atoms with Gasteiger partial charge in [0.2, 0.25) is 15.9 Å². The van der Waals surface area contributed by atoms with E-state index in [0.717, 1.165) is 32.7 Å². The lowest BCUT2D eigenvalue weighted by atomic mass is 10.3. The Bertz CT molecular complexity index is 952. The van der Waals surface area contributed by atoms with Gasteiger partial charge in [-0.1, -0.05) is 0 Å². The number of anilines is 1. The number of nitrogens with one attached hydrogen (secondary N) is 2. The van der Waals surface area contributed by atoms with Crippen LogP contribution in [-0.2, 0) is 14.8 Å². The number of sulfonamides is 1. The molecular formula is C19H25N5O5S. The fraction of sp³-hybridized carbons (Fsp3) is 0.368. The third-order valence-corrected chi connectivity index (χ3v) is 5.69. The minimum Gasteiger partial charge on any atom is -0.459 e. The van der Waals surface area contributed by atoms with Crippen molar-refractivity contribution < 1.29 is 22.4 Å². The zero-order chi connectivity index (χ0) is 21.6. The molecule has 10 nitrogen and oxygen atoms in total. The van der Waals surface area contributed by atoms with E-state index >= 15 is 0 Å². The van der Waals surface area contributed by atoms with E-state index in [1.165, 1.54) is 30.5 Å². The molecule has 30 heavy (non-hydrogen) atoms. The number of hydrogen-bond acceptors (Lipinski definition) is 7. The highest BCUT2D eigenvalue weighted by atomic mass is 32.2. The molecule has 0 atom stereocenters. The predicted octanol–water partition coefficient (Wildman–Crippen LogP) is -0.0869. The van der Waals surface area contributed by atoms with E-state index in [0.29, 0.717) is 18.0 Å². The molecule has 2 amide bonds. The number of primary sulfonamides is 1. The number of nitrogens with two attached hydrogens (primary N) is 1. The number of carbonyl (C=O) groups is 2. The Morgan fingerprint density at radius 1 is 1.03 bits per heavy atom. The van der Waals surface area contributed by atoms with Crippen LogP contribution in [0.15, 0.2) is 52.0 Å². The Morgan fingerprint density at radius 2 is 1.70 bits per heavy atom. The van der Waals surface area contributed by atoms with Crippen LogP contribution in [-0.4, -0.2) is 75.8 Å². The molecule has 0 saturated carbocycles. The number of piperazine rings is 1. The number of carbonyl (C=O) groups excluding carboxylic acids is 2. The molecule has 1 aromatic carbocycles. The summed E-state index contributed by atoms with van der Waals surface area (Å²) in [4.78, 5) is 28.3. The lowest BCUT2D eigenvalue weighted by Crippen LogP contribution is -2.50. The fourth-order valence-corrected chi connectivity index (χ4v) is 3.64. The zero-order valence-corrected chi connectivity index (χ0v) is 17.2. The number of rotatable bonds is 8. The monoisotopic (exact) mass is 435 g/mol. The van der Waals surface area contributed by atoms with Crippen molar-refractivity contribution in [2.75, 3.05) is 51.1 Å². The maximum Gasteiger partial charge on any atom is 0.287 e. The smallest absolute Gasteiger partial charge is 0.287 e. The Labute approximate surface area is 175 Å². The first-order chi connectivity index (χ1) is 14.3. The molecule has 0 radical (unpaired) electrons. The first-order valence-corrected chi connectivity index (χ1v) is 11.0. The van der Waals surface area contributed by atoms with Crippen molar-refractivity contribution >= 4 is 27.5 Å². The molecule has 3 rings (SSSR count). The summed E-state index contributed by atoms with van der Waals surface area (Å²) in [5.41, 5.74) is 0.512. The first kappa shape index (κ1) is 22.0. The van der Waals surface area contributed by atoms with Crippen LogP contribution in [0.3, 0.4) is 0 Å². The molecule has 4 N–H and O–H groups in total. The number of furan rings is 1. The second-order valence-electron chi connectivity index (χ2n) is 6.97. The van der Waals surface area contributed by atoms with Gasteiger partial charge < -0.3 is 15.1 Å².